The van der Waals surface area contributed by atoms with Crippen LogP contribution in [0.5, 0.6) is 0 Å². The smallest absolute Gasteiger partial charge is 0.0715 e. The van der Waals surface area contributed by atoms with Crippen LogP contribution in [0.1, 0.15) is 12.0 Å². The van der Waals surface area contributed by atoms with Gasteiger partial charge in [0.1, 0.15) is 0 Å². The summed E-state index contributed by atoms with van der Waals surface area (Å²) in [5.74, 6) is 0. The van der Waals surface area contributed by atoms with Gasteiger partial charge in [-0.15, -0.1) is 0 Å². The van der Waals surface area contributed by atoms with Crippen molar-refractivity contribution < 1.29 is 0 Å². The van der Waals surface area contributed by atoms with Gasteiger partial charge in [-0.2, -0.15) is 0 Å². The number of hydrogen-bond acceptors (Lipinski definition) is 4. The zero-order valence-corrected chi connectivity index (χ0v) is 23.9. The second-order valence-electron chi connectivity index (χ2n) is 10.6. The van der Waals surface area contributed by atoms with Crippen LogP contribution in [0.2, 0.25) is 0 Å². The van der Waals surface area contributed by atoms with Crippen molar-refractivity contribution in [2.24, 2.45) is 0 Å². The number of rotatable bonds is 10. The summed E-state index contributed by atoms with van der Waals surface area (Å²) in [6, 6.07) is 41.0. The number of nitrogens with one attached hydrogen (secondary N) is 1. The highest BCUT2D eigenvalue weighted by atomic mass is 15.1. The van der Waals surface area contributed by atoms with Crippen molar-refractivity contribution in [2.45, 2.75) is 12.8 Å². The Labute approximate surface area is 239 Å². The highest BCUT2D eigenvalue weighted by Crippen LogP contribution is 2.32. The van der Waals surface area contributed by atoms with E-state index in [4.69, 9.17) is 4.98 Å². The van der Waals surface area contributed by atoms with Crippen LogP contribution in [0.25, 0.3) is 33.6 Å². The molecule has 1 heterocycles. The quantitative estimate of drug-likeness (QED) is 0.186. The Kier molecular flexibility index (Phi) is 8.46. The first-order valence-electron chi connectivity index (χ1n) is 13.9. The van der Waals surface area contributed by atoms with Crippen molar-refractivity contribution in [3.8, 4) is 33.6 Å². The lowest BCUT2D eigenvalue weighted by Gasteiger charge is -2.15. The molecule has 0 amide bonds. The molecule has 0 bridgehead atoms. The monoisotopic (exact) mass is 526 g/mol. The van der Waals surface area contributed by atoms with Crippen LogP contribution >= 0.6 is 0 Å². The second kappa shape index (κ2) is 12.5. The van der Waals surface area contributed by atoms with Crippen LogP contribution in [0.3, 0.4) is 0 Å². The first kappa shape index (κ1) is 27.0. The topological polar surface area (TPSA) is 31.4 Å². The molecule has 0 radical (unpaired) electrons. The normalized spacial score (nSPS) is 10.8. The molecule has 0 fully saturated rings. The minimum atomic E-state index is 0.948. The Morgan fingerprint density at radius 2 is 1.05 bits per heavy atom. The SMILES string of the molecule is CN(C)c1ccc(-c2cc(-c3ccc(NCCCc4ccccc4)cc3)cc(-c3ccc(N(C)C)cc3)n2)cc1. The molecule has 1 aromatic heterocycles. The van der Waals surface area contributed by atoms with E-state index in [2.05, 4.69) is 159 Å². The fraction of sp³-hybridized carbons (Fsp3) is 0.194. The van der Waals surface area contributed by atoms with Crippen LogP contribution in [0, 0.1) is 0 Å². The van der Waals surface area contributed by atoms with Gasteiger partial charge in [0.25, 0.3) is 0 Å². The van der Waals surface area contributed by atoms with Crippen molar-refractivity contribution in [1.82, 2.24) is 4.98 Å². The predicted octanol–water partition coefficient (Wildman–Crippen LogP) is 8.26. The van der Waals surface area contributed by atoms with Gasteiger partial charge in [-0.25, -0.2) is 4.98 Å². The molecule has 4 nitrogen and oxygen atoms in total. The highest BCUT2D eigenvalue weighted by Gasteiger charge is 2.10. The molecule has 0 spiro atoms. The number of nitrogens with zero attached hydrogens (tertiary/aromatic N) is 3. The lowest BCUT2D eigenvalue weighted by atomic mass is 9.99. The Balaban J connectivity index is 1.39. The summed E-state index contributed by atoms with van der Waals surface area (Å²) < 4.78 is 0. The molecule has 0 aliphatic carbocycles. The third kappa shape index (κ3) is 6.70. The summed E-state index contributed by atoms with van der Waals surface area (Å²) in [6.45, 7) is 0.948. The van der Waals surface area contributed by atoms with E-state index in [-0.39, 0.29) is 0 Å². The second-order valence-corrected chi connectivity index (χ2v) is 10.6. The average molecular weight is 527 g/mol. The Bertz CT molecular complexity index is 1440. The molecule has 0 atom stereocenters. The van der Waals surface area contributed by atoms with Crippen LogP contribution in [0.15, 0.2) is 115 Å². The molecule has 0 aliphatic rings. The van der Waals surface area contributed by atoms with E-state index in [0.29, 0.717) is 0 Å². The average Bonchev–Trinajstić information content (AvgIpc) is 3.00. The van der Waals surface area contributed by atoms with Crippen molar-refractivity contribution in [2.75, 3.05) is 49.9 Å². The van der Waals surface area contributed by atoms with Gasteiger partial charge in [-0.05, 0) is 78.1 Å². The maximum Gasteiger partial charge on any atom is 0.0715 e. The molecule has 4 heteroatoms. The number of aromatic nitrogens is 1. The van der Waals surface area contributed by atoms with Crippen LogP contribution in [0.4, 0.5) is 17.1 Å². The molecule has 202 valence electrons. The molecular formula is C36H38N4. The Morgan fingerprint density at radius 3 is 1.55 bits per heavy atom. The van der Waals surface area contributed by atoms with Gasteiger partial charge in [0, 0.05) is 62.9 Å². The highest BCUT2D eigenvalue weighted by molar-refractivity contribution is 5.78. The predicted molar refractivity (Wildman–Crippen MR) is 172 cm³/mol. The van der Waals surface area contributed by atoms with E-state index in [0.717, 1.165) is 53.2 Å². The van der Waals surface area contributed by atoms with Crippen molar-refractivity contribution >= 4 is 17.1 Å². The first-order chi connectivity index (χ1) is 19.5. The number of hydrogen-bond donors (Lipinski definition) is 1. The molecule has 1 N–H and O–H groups in total. The van der Waals surface area contributed by atoms with E-state index in [9.17, 15) is 0 Å². The van der Waals surface area contributed by atoms with Gasteiger partial charge in [0.2, 0.25) is 0 Å². The summed E-state index contributed by atoms with van der Waals surface area (Å²) in [7, 11) is 8.24. The first-order valence-corrected chi connectivity index (χ1v) is 13.9. The maximum atomic E-state index is 5.10. The largest absolute Gasteiger partial charge is 0.385 e. The van der Waals surface area contributed by atoms with Crippen LogP contribution < -0.4 is 15.1 Å². The lowest BCUT2D eigenvalue weighted by molar-refractivity contribution is 0.863. The Morgan fingerprint density at radius 1 is 0.550 bits per heavy atom. The van der Waals surface area contributed by atoms with Gasteiger partial charge in [-0.1, -0.05) is 66.7 Å². The van der Waals surface area contributed by atoms with E-state index in [1.807, 2.05) is 0 Å². The summed E-state index contributed by atoms with van der Waals surface area (Å²) in [5.41, 5.74) is 11.4. The zero-order chi connectivity index (χ0) is 27.9. The van der Waals surface area contributed by atoms with E-state index in [1.165, 1.54) is 22.5 Å². The molecule has 0 aliphatic heterocycles. The summed E-state index contributed by atoms with van der Waals surface area (Å²) in [5, 5.41) is 3.58. The zero-order valence-electron chi connectivity index (χ0n) is 23.9. The number of aryl methyl sites for hydroxylation is 1. The minimum Gasteiger partial charge on any atom is -0.385 e. The van der Waals surface area contributed by atoms with Crippen molar-refractivity contribution in [3.63, 3.8) is 0 Å². The number of pyridine rings is 1. The molecule has 5 aromatic rings. The number of anilines is 3. The van der Waals surface area contributed by atoms with Gasteiger partial charge in [0.05, 0.1) is 11.4 Å². The summed E-state index contributed by atoms with van der Waals surface area (Å²) >= 11 is 0. The van der Waals surface area contributed by atoms with Crippen LogP contribution in [-0.2, 0) is 6.42 Å². The molecule has 4 aromatic carbocycles. The molecule has 5 rings (SSSR count). The Hall–Kier alpha value is -4.57. The fourth-order valence-electron chi connectivity index (χ4n) is 4.80. The fourth-order valence-corrected chi connectivity index (χ4v) is 4.80. The number of benzene rings is 4. The van der Waals surface area contributed by atoms with Gasteiger partial charge in [-0.3, -0.25) is 0 Å². The van der Waals surface area contributed by atoms with Gasteiger partial charge >= 0.3 is 0 Å². The summed E-state index contributed by atoms with van der Waals surface area (Å²) in [4.78, 5) is 9.33. The molecule has 0 saturated carbocycles. The molecular weight excluding hydrogens is 488 g/mol. The van der Waals surface area contributed by atoms with Crippen molar-refractivity contribution in [3.05, 3.63) is 121 Å². The third-order valence-corrected chi connectivity index (χ3v) is 7.22. The third-order valence-electron chi connectivity index (χ3n) is 7.22. The van der Waals surface area contributed by atoms with Crippen molar-refractivity contribution in [1.29, 1.82) is 0 Å². The van der Waals surface area contributed by atoms with E-state index < -0.39 is 0 Å². The minimum absolute atomic E-state index is 0.948. The lowest BCUT2D eigenvalue weighted by Crippen LogP contribution is -2.08. The van der Waals surface area contributed by atoms with Gasteiger partial charge in [0.15, 0.2) is 0 Å². The summed E-state index contributed by atoms with van der Waals surface area (Å²) in [6.07, 6.45) is 2.18. The molecule has 40 heavy (non-hydrogen) atoms. The molecule has 0 unspecified atom stereocenters. The van der Waals surface area contributed by atoms with E-state index >= 15 is 0 Å². The maximum absolute atomic E-state index is 5.10. The van der Waals surface area contributed by atoms with Gasteiger partial charge < -0.3 is 15.1 Å². The molecule has 0 saturated heterocycles. The van der Waals surface area contributed by atoms with E-state index in [1.54, 1.807) is 0 Å². The van der Waals surface area contributed by atoms with Crippen LogP contribution in [-0.4, -0.2) is 39.7 Å². The standard InChI is InChI=1S/C36H38N4/c1-39(2)33-20-14-29(15-21-33)35-25-31(26-36(38-35)30-16-22-34(23-17-30)40(3)4)28-12-18-32(19-13-28)37-24-8-11-27-9-6-5-7-10-27/h5-7,9-10,12-23,25-26,37H,8,11,24H2,1-4H3.